The molecule has 0 aliphatic carbocycles. The topological polar surface area (TPSA) is 49.9 Å². The first-order valence-corrected chi connectivity index (χ1v) is 6.19. The summed E-state index contributed by atoms with van der Waals surface area (Å²) in [6.07, 6.45) is -0.565. The van der Waals surface area contributed by atoms with E-state index in [1.165, 1.54) is 9.80 Å². The molecule has 0 saturated carbocycles. The highest BCUT2D eigenvalue weighted by Crippen LogP contribution is 2.34. The first-order valence-electron chi connectivity index (χ1n) is 6.19. The molecule has 1 aromatic carbocycles. The van der Waals surface area contributed by atoms with Gasteiger partial charge in [-0.05, 0) is 31.5 Å². The van der Waals surface area contributed by atoms with E-state index in [-0.39, 0.29) is 18.4 Å². The maximum atomic E-state index is 12.2. The van der Waals surface area contributed by atoms with Crippen LogP contribution in [0.3, 0.4) is 0 Å². The molecule has 5 heteroatoms. The Labute approximate surface area is 112 Å². The maximum Gasteiger partial charge on any atom is 0.268 e. The van der Waals surface area contributed by atoms with Crippen LogP contribution in [0, 0.1) is 6.92 Å². The van der Waals surface area contributed by atoms with Crippen molar-refractivity contribution >= 4 is 17.5 Å². The van der Waals surface area contributed by atoms with Gasteiger partial charge in [-0.2, -0.15) is 0 Å². The van der Waals surface area contributed by atoms with Gasteiger partial charge in [-0.25, -0.2) is 0 Å². The lowest BCUT2D eigenvalue weighted by Crippen LogP contribution is -2.48. The number of benzene rings is 1. The van der Waals surface area contributed by atoms with Gasteiger partial charge < -0.3 is 9.64 Å². The van der Waals surface area contributed by atoms with Crippen LogP contribution < -0.4 is 9.64 Å². The zero-order valence-electron chi connectivity index (χ0n) is 11.6. The Kier molecular flexibility index (Phi) is 3.46. The quantitative estimate of drug-likeness (QED) is 0.804. The molecule has 19 heavy (non-hydrogen) atoms. The van der Waals surface area contributed by atoms with E-state index in [2.05, 4.69) is 0 Å². The molecule has 0 spiro atoms. The van der Waals surface area contributed by atoms with Gasteiger partial charge in [0.2, 0.25) is 5.91 Å². The summed E-state index contributed by atoms with van der Waals surface area (Å²) >= 11 is 0. The van der Waals surface area contributed by atoms with Crippen LogP contribution in [0.1, 0.15) is 12.5 Å². The second-order valence-corrected chi connectivity index (χ2v) is 4.94. The number of hydrogen-bond acceptors (Lipinski definition) is 3. The third kappa shape index (κ3) is 2.54. The Morgan fingerprint density at radius 1 is 1.42 bits per heavy atom. The normalized spacial score (nSPS) is 17.8. The van der Waals surface area contributed by atoms with Gasteiger partial charge in [0, 0.05) is 14.1 Å². The van der Waals surface area contributed by atoms with Crippen LogP contribution in [-0.2, 0) is 9.59 Å². The Hall–Kier alpha value is -2.04. The van der Waals surface area contributed by atoms with Crippen LogP contribution in [0.15, 0.2) is 18.2 Å². The van der Waals surface area contributed by atoms with Gasteiger partial charge in [0.1, 0.15) is 12.3 Å². The summed E-state index contributed by atoms with van der Waals surface area (Å²) in [4.78, 5) is 27.0. The third-order valence-corrected chi connectivity index (χ3v) is 3.11. The highest BCUT2D eigenvalue weighted by atomic mass is 16.5. The smallest absolute Gasteiger partial charge is 0.268 e. The molecular weight excluding hydrogens is 244 g/mol. The van der Waals surface area contributed by atoms with E-state index in [0.29, 0.717) is 11.4 Å². The summed E-state index contributed by atoms with van der Waals surface area (Å²) in [6.45, 7) is 3.67. The molecular formula is C14H18N2O3. The SMILES string of the molecule is Cc1ccc2c(c1)N(CC(=O)N(C)C)C(=O)C(C)O2. The number of hydrogen-bond donors (Lipinski definition) is 0. The van der Waals surface area contributed by atoms with Gasteiger partial charge in [-0.3, -0.25) is 14.5 Å². The van der Waals surface area contributed by atoms with Crippen molar-refractivity contribution in [1.29, 1.82) is 0 Å². The van der Waals surface area contributed by atoms with Crippen LogP contribution in [0.4, 0.5) is 5.69 Å². The first kappa shape index (κ1) is 13.4. The number of anilines is 1. The Morgan fingerprint density at radius 2 is 2.11 bits per heavy atom. The molecule has 1 heterocycles. The standard InChI is InChI=1S/C14H18N2O3/c1-9-5-6-12-11(7-9)16(8-13(17)15(3)4)14(18)10(2)19-12/h5-7,10H,8H2,1-4H3. The summed E-state index contributed by atoms with van der Waals surface area (Å²) in [5, 5.41) is 0. The largest absolute Gasteiger partial charge is 0.479 e. The van der Waals surface area contributed by atoms with Crippen LogP contribution >= 0.6 is 0 Å². The average Bonchev–Trinajstić information content (AvgIpc) is 2.35. The van der Waals surface area contributed by atoms with Crippen LogP contribution in [0.2, 0.25) is 0 Å². The fourth-order valence-electron chi connectivity index (χ4n) is 1.96. The second kappa shape index (κ2) is 4.91. The number of ether oxygens (including phenoxy) is 1. The number of aryl methyl sites for hydroxylation is 1. The monoisotopic (exact) mass is 262 g/mol. The zero-order chi connectivity index (χ0) is 14.2. The van der Waals surface area contributed by atoms with E-state index in [0.717, 1.165) is 5.56 Å². The molecule has 0 radical (unpaired) electrons. The van der Waals surface area contributed by atoms with Crippen LogP contribution in [0.5, 0.6) is 5.75 Å². The van der Waals surface area contributed by atoms with E-state index in [1.54, 1.807) is 21.0 Å². The molecule has 1 aliphatic rings. The first-order chi connectivity index (χ1) is 8.90. The average molecular weight is 262 g/mol. The summed E-state index contributed by atoms with van der Waals surface area (Å²) in [5.41, 5.74) is 1.69. The lowest BCUT2D eigenvalue weighted by atomic mass is 10.1. The van der Waals surface area contributed by atoms with E-state index in [9.17, 15) is 9.59 Å². The molecule has 102 valence electrons. The predicted octanol–water partition coefficient (Wildman–Crippen LogP) is 1.20. The molecule has 0 N–H and O–H groups in total. The van der Waals surface area contributed by atoms with Crippen molar-refractivity contribution in [2.24, 2.45) is 0 Å². The minimum absolute atomic E-state index is 0.0377. The van der Waals surface area contributed by atoms with Crippen molar-refractivity contribution in [2.75, 3.05) is 25.5 Å². The van der Waals surface area contributed by atoms with E-state index in [1.807, 2.05) is 25.1 Å². The molecule has 0 aromatic heterocycles. The third-order valence-electron chi connectivity index (χ3n) is 3.11. The summed E-state index contributed by atoms with van der Waals surface area (Å²) in [5.74, 6) is 0.340. The van der Waals surface area contributed by atoms with Crippen molar-refractivity contribution in [2.45, 2.75) is 20.0 Å². The second-order valence-electron chi connectivity index (χ2n) is 4.94. The summed E-state index contributed by atoms with van der Waals surface area (Å²) in [6, 6.07) is 5.62. The number of amides is 2. The number of fused-ring (bicyclic) bond motifs is 1. The van der Waals surface area contributed by atoms with Gasteiger partial charge in [0.05, 0.1) is 5.69 Å². The Bertz CT molecular complexity index is 525. The number of rotatable bonds is 2. The number of carbonyl (C=O) groups excluding carboxylic acids is 2. The molecule has 2 rings (SSSR count). The van der Waals surface area contributed by atoms with Crippen molar-refractivity contribution in [1.82, 2.24) is 4.90 Å². The molecule has 5 nitrogen and oxygen atoms in total. The molecule has 0 saturated heterocycles. The summed E-state index contributed by atoms with van der Waals surface area (Å²) < 4.78 is 5.56. The molecule has 1 atom stereocenters. The summed E-state index contributed by atoms with van der Waals surface area (Å²) in [7, 11) is 3.35. The molecule has 1 aromatic rings. The minimum Gasteiger partial charge on any atom is -0.479 e. The number of likely N-dealkylation sites (N-methyl/N-ethyl adjacent to an activating group) is 1. The molecule has 0 bridgehead atoms. The van der Waals surface area contributed by atoms with E-state index < -0.39 is 6.10 Å². The van der Waals surface area contributed by atoms with Gasteiger partial charge in [-0.15, -0.1) is 0 Å². The lowest BCUT2D eigenvalue weighted by Gasteiger charge is -2.33. The Balaban J connectivity index is 2.38. The van der Waals surface area contributed by atoms with Crippen LogP contribution in [-0.4, -0.2) is 43.5 Å². The van der Waals surface area contributed by atoms with E-state index >= 15 is 0 Å². The molecule has 1 unspecified atom stereocenters. The van der Waals surface area contributed by atoms with Gasteiger partial charge in [0.15, 0.2) is 6.10 Å². The zero-order valence-corrected chi connectivity index (χ0v) is 11.6. The van der Waals surface area contributed by atoms with Crippen LogP contribution in [0.25, 0.3) is 0 Å². The highest BCUT2D eigenvalue weighted by molar-refractivity contribution is 6.03. The number of carbonyl (C=O) groups is 2. The van der Waals surface area contributed by atoms with E-state index in [4.69, 9.17) is 4.74 Å². The molecule has 0 fully saturated rings. The van der Waals surface area contributed by atoms with Gasteiger partial charge >= 0.3 is 0 Å². The van der Waals surface area contributed by atoms with Crippen molar-refractivity contribution < 1.29 is 14.3 Å². The van der Waals surface area contributed by atoms with Crippen molar-refractivity contribution in [3.05, 3.63) is 23.8 Å². The number of nitrogens with zero attached hydrogens (tertiary/aromatic N) is 2. The van der Waals surface area contributed by atoms with Crippen molar-refractivity contribution in [3.63, 3.8) is 0 Å². The molecule has 1 aliphatic heterocycles. The molecule has 2 amide bonds. The minimum atomic E-state index is -0.565. The predicted molar refractivity (Wildman–Crippen MR) is 72.3 cm³/mol. The van der Waals surface area contributed by atoms with Gasteiger partial charge in [0.25, 0.3) is 5.91 Å². The van der Waals surface area contributed by atoms with Gasteiger partial charge in [-0.1, -0.05) is 6.07 Å². The van der Waals surface area contributed by atoms with Crippen molar-refractivity contribution in [3.8, 4) is 5.75 Å². The Morgan fingerprint density at radius 3 is 2.74 bits per heavy atom. The lowest BCUT2D eigenvalue weighted by molar-refractivity contribution is -0.131. The fourth-order valence-corrected chi connectivity index (χ4v) is 1.96. The maximum absolute atomic E-state index is 12.2. The highest BCUT2D eigenvalue weighted by Gasteiger charge is 2.32. The fraction of sp³-hybridized carbons (Fsp3) is 0.429.